The molecule has 0 saturated carbocycles. The molecule has 2 unspecified atom stereocenters. The molecule has 0 bridgehead atoms. The van der Waals surface area contributed by atoms with E-state index in [1.54, 1.807) is 11.8 Å². The highest BCUT2D eigenvalue weighted by molar-refractivity contribution is 8.00. The van der Waals surface area contributed by atoms with E-state index in [4.69, 9.17) is 0 Å². The van der Waals surface area contributed by atoms with E-state index in [2.05, 4.69) is 44.0 Å². The molecule has 0 spiro atoms. The van der Waals surface area contributed by atoms with Gasteiger partial charge in [-0.25, -0.2) is 0 Å². The Hall–Kier alpha value is -0.670. The summed E-state index contributed by atoms with van der Waals surface area (Å²) in [6, 6.07) is 6.89. The Labute approximate surface area is 95.3 Å². The molecule has 1 heterocycles. The molecular weight excluding hydrogens is 206 g/mol. The van der Waals surface area contributed by atoms with E-state index in [1.807, 2.05) is 0 Å². The molecular formula is C12H17NOS. The maximum absolute atomic E-state index is 9.33. The lowest BCUT2D eigenvalue weighted by molar-refractivity contribution is 0.282. The molecule has 0 aromatic heterocycles. The lowest BCUT2D eigenvalue weighted by atomic mass is 10.1. The van der Waals surface area contributed by atoms with Gasteiger partial charge in [-0.05, 0) is 31.5 Å². The van der Waals surface area contributed by atoms with Gasteiger partial charge in [0.15, 0.2) is 0 Å². The molecule has 0 aliphatic carbocycles. The fourth-order valence-corrected chi connectivity index (χ4v) is 3.29. The molecule has 0 saturated heterocycles. The molecule has 3 heteroatoms. The molecule has 2 atom stereocenters. The second-order valence-corrected chi connectivity index (χ2v) is 5.44. The van der Waals surface area contributed by atoms with Crippen molar-refractivity contribution in [2.24, 2.45) is 0 Å². The van der Waals surface area contributed by atoms with E-state index in [9.17, 15) is 5.11 Å². The third kappa shape index (κ3) is 1.86. The summed E-state index contributed by atoms with van der Waals surface area (Å²) in [4.78, 5) is 3.54. The molecule has 2 rings (SSSR count). The quantitative estimate of drug-likeness (QED) is 0.790. The third-order valence-electron chi connectivity index (χ3n) is 3.10. The second-order valence-electron chi connectivity index (χ2n) is 4.16. The molecule has 0 radical (unpaired) electrons. The second kappa shape index (κ2) is 4.06. The smallest absolute Gasteiger partial charge is 0.0573 e. The van der Waals surface area contributed by atoms with Crippen LogP contribution in [0.2, 0.25) is 0 Å². The summed E-state index contributed by atoms with van der Waals surface area (Å²) >= 11 is 1.79. The van der Waals surface area contributed by atoms with Crippen molar-refractivity contribution in [3.05, 3.63) is 23.8 Å². The van der Waals surface area contributed by atoms with Crippen molar-refractivity contribution in [3.63, 3.8) is 0 Å². The number of thioether (sulfide) groups is 1. The van der Waals surface area contributed by atoms with Crippen LogP contribution in [0, 0.1) is 6.92 Å². The van der Waals surface area contributed by atoms with Crippen LogP contribution in [-0.2, 0) is 0 Å². The minimum atomic E-state index is 0.240. The Bertz CT molecular complexity index is 367. The van der Waals surface area contributed by atoms with Gasteiger partial charge in [-0.3, -0.25) is 0 Å². The molecule has 1 aliphatic heterocycles. The van der Waals surface area contributed by atoms with Crippen LogP contribution >= 0.6 is 11.8 Å². The van der Waals surface area contributed by atoms with Crippen LogP contribution in [0.25, 0.3) is 0 Å². The van der Waals surface area contributed by atoms with E-state index < -0.39 is 0 Å². The summed E-state index contributed by atoms with van der Waals surface area (Å²) < 4.78 is 0. The largest absolute Gasteiger partial charge is 0.395 e. The number of aryl methyl sites for hydroxylation is 1. The summed E-state index contributed by atoms with van der Waals surface area (Å²) in [6.07, 6.45) is 0. The van der Waals surface area contributed by atoms with Gasteiger partial charge in [-0.15, -0.1) is 11.8 Å². The number of aliphatic hydroxyl groups excluding tert-OH is 1. The maximum atomic E-state index is 9.33. The first-order valence-electron chi connectivity index (χ1n) is 5.24. The zero-order valence-corrected chi connectivity index (χ0v) is 10.2. The Balaban J connectivity index is 2.40. The van der Waals surface area contributed by atoms with Gasteiger partial charge in [0.25, 0.3) is 0 Å². The van der Waals surface area contributed by atoms with Crippen molar-refractivity contribution in [1.82, 2.24) is 0 Å². The Morgan fingerprint density at radius 1 is 1.47 bits per heavy atom. The lowest BCUT2D eigenvalue weighted by Crippen LogP contribution is -2.42. The van der Waals surface area contributed by atoms with Gasteiger partial charge in [0.1, 0.15) is 0 Å². The highest BCUT2D eigenvalue weighted by atomic mass is 32.2. The van der Waals surface area contributed by atoms with E-state index >= 15 is 0 Å². The zero-order chi connectivity index (χ0) is 11.0. The predicted octanol–water partition coefficient (Wildman–Crippen LogP) is 2.29. The van der Waals surface area contributed by atoms with Gasteiger partial charge >= 0.3 is 0 Å². The van der Waals surface area contributed by atoms with Crippen molar-refractivity contribution in [2.75, 3.05) is 18.6 Å². The molecule has 0 fully saturated rings. The highest BCUT2D eigenvalue weighted by Gasteiger charge is 2.29. The number of fused-ring (bicyclic) bond motifs is 1. The van der Waals surface area contributed by atoms with Gasteiger partial charge in [-0.1, -0.05) is 6.07 Å². The fourth-order valence-electron chi connectivity index (χ4n) is 1.93. The van der Waals surface area contributed by atoms with Crippen LogP contribution < -0.4 is 4.90 Å². The Kier molecular flexibility index (Phi) is 2.94. The number of aliphatic hydroxyl groups is 1. The minimum Gasteiger partial charge on any atom is -0.395 e. The molecule has 1 aromatic carbocycles. The van der Waals surface area contributed by atoms with Crippen molar-refractivity contribution >= 4 is 17.4 Å². The topological polar surface area (TPSA) is 23.5 Å². The number of hydrogen-bond donors (Lipinski definition) is 1. The van der Waals surface area contributed by atoms with Crippen molar-refractivity contribution in [1.29, 1.82) is 0 Å². The van der Waals surface area contributed by atoms with E-state index in [1.165, 1.54) is 16.1 Å². The Morgan fingerprint density at radius 2 is 2.20 bits per heavy atom. The molecule has 15 heavy (non-hydrogen) atoms. The predicted molar refractivity (Wildman–Crippen MR) is 65.8 cm³/mol. The monoisotopic (exact) mass is 223 g/mol. The molecule has 1 aromatic rings. The van der Waals surface area contributed by atoms with Gasteiger partial charge in [0.05, 0.1) is 17.5 Å². The lowest BCUT2D eigenvalue weighted by Gasteiger charge is -2.38. The average Bonchev–Trinajstić information content (AvgIpc) is 2.23. The van der Waals surface area contributed by atoms with Crippen molar-refractivity contribution in [2.45, 2.75) is 30.0 Å². The number of benzene rings is 1. The summed E-state index contributed by atoms with van der Waals surface area (Å²) in [5.74, 6) is 0. The highest BCUT2D eigenvalue weighted by Crippen LogP contribution is 2.40. The minimum absolute atomic E-state index is 0.240. The summed E-state index contributed by atoms with van der Waals surface area (Å²) in [5.41, 5.74) is 2.56. The third-order valence-corrected chi connectivity index (χ3v) is 4.53. The van der Waals surface area contributed by atoms with E-state index in [-0.39, 0.29) is 11.9 Å². The van der Waals surface area contributed by atoms with Crippen molar-refractivity contribution < 1.29 is 5.11 Å². The maximum Gasteiger partial charge on any atom is 0.0573 e. The molecule has 1 N–H and O–H groups in total. The van der Waals surface area contributed by atoms with Gasteiger partial charge < -0.3 is 10.0 Å². The normalized spacial score (nSPS) is 25.2. The number of anilines is 1. The SMILES string of the molecule is Cc1ccc2c(c1)SC(CO)C(C)N2C. The first-order valence-corrected chi connectivity index (χ1v) is 6.12. The van der Waals surface area contributed by atoms with Gasteiger partial charge in [-0.2, -0.15) is 0 Å². The summed E-state index contributed by atoms with van der Waals surface area (Å²) in [5, 5.41) is 9.61. The number of nitrogens with zero attached hydrogens (tertiary/aromatic N) is 1. The van der Waals surface area contributed by atoms with Crippen LogP contribution in [0.5, 0.6) is 0 Å². The number of hydrogen-bond acceptors (Lipinski definition) is 3. The first kappa shape index (κ1) is 10.8. The fraction of sp³-hybridized carbons (Fsp3) is 0.500. The Morgan fingerprint density at radius 3 is 2.87 bits per heavy atom. The molecule has 1 aliphatic rings. The van der Waals surface area contributed by atoms with Gasteiger partial charge in [0.2, 0.25) is 0 Å². The van der Waals surface area contributed by atoms with Crippen LogP contribution in [0.15, 0.2) is 23.1 Å². The first-order chi connectivity index (χ1) is 7.13. The number of rotatable bonds is 1. The molecule has 2 nitrogen and oxygen atoms in total. The van der Waals surface area contributed by atoms with Crippen LogP contribution in [0.4, 0.5) is 5.69 Å². The molecule has 0 amide bonds. The van der Waals surface area contributed by atoms with Crippen LogP contribution in [0.1, 0.15) is 12.5 Å². The summed E-state index contributed by atoms with van der Waals surface area (Å²) in [7, 11) is 2.10. The van der Waals surface area contributed by atoms with Crippen molar-refractivity contribution in [3.8, 4) is 0 Å². The van der Waals surface area contributed by atoms with E-state index in [0.29, 0.717) is 6.04 Å². The van der Waals surface area contributed by atoms with Crippen LogP contribution in [-0.4, -0.2) is 30.1 Å². The zero-order valence-electron chi connectivity index (χ0n) is 9.40. The molecule has 82 valence electrons. The van der Waals surface area contributed by atoms with Crippen LogP contribution in [0.3, 0.4) is 0 Å². The summed E-state index contributed by atoms with van der Waals surface area (Å²) in [6.45, 7) is 4.51. The average molecular weight is 223 g/mol. The standard InChI is InChI=1S/C12H17NOS/c1-8-4-5-10-11(6-8)15-12(7-14)9(2)13(10)3/h4-6,9,12,14H,7H2,1-3H3. The van der Waals surface area contributed by atoms with Gasteiger partial charge in [0, 0.05) is 18.0 Å². The van der Waals surface area contributed by atoms with E-state index in [0.717, 1.165) is 0 Å².